The van der Waals surface area contributed by atoms with Gasteiger partial charge in [0.2, 0.25) is 0 Å². The highest BCUT2D eigenvalue weighted by Crippen LogP contribution is 2.29. The largest absolute Gasteiger partial charge is 0.458 e. The van der Waals surface area contributed by atoms with E-state index in [0.29, 0.717) is 12.5 Å². The van der Waals surface area contributed by atoms with E-state index < -0.39 is 0 Å². The van der Waals surface area contributed by atoms with Crippen molar-refractivity contribution < 1.29 is 9.53 Å². The lowest BCUT2D eigenvalue weighted by atomic mass is 9.84. The molecule has 0 saturated heterocycles. The lowest BCUT2D eigenvalue weighted by molar-refractivity contribution is -0.139. The first-order valence-corrected chi connectivity index (χ1v) is 7.14. The van der Waals surface area contributed by atoms with Crippen LogP contribution in [0, 0.1) is 5.92 Å². The summed E-state index contributed by atoms with van der Waals surface area (Å²) < 4.78 is 5.27. The SMILES string of the molecule is CC(=CC(=O)OCc1ccccc1)C1CCCCC1. The molecule has 0 heterocycles. The second kappa shape index (κ2) is 7.13. The Morgan fingerprint density at radius 2 is 1.89 bits per heavy atom. The van der Waals surface area contributed by atoms with Gasteiger partial charge >= 0.3 is 5.97 Å². The maximum Gasteiger partial charge on any atom is 0.331 e. The van der Waals surface area contributed by atoms with Gasteiger partial charge in [-0.05, 0) is 31.2 Å². The van der Waals surface area contributed by atoms with E-state index in [1.54, 1.807) is 6.08 Å². The molecular weight excluding hydrogens is 236 g/mol. The molecule has 0 aliphatic heterocycles. The molecule has 0 N–H and O–H groups in total. The van der Waals surface area contributed by atoms with Gasteiger partial charge in [0.1, 0.15) is 6.61 Å². The first-order chi connectivity index (χ1) is 9.25. The first kappa shape index (κ1) is 13.9. The molecule has 0 radical (unpaired) electrons. The van der Waals surface area contributed by atoms with Crippen LogP contribution in [-0.2, 0) is 16.1 Å². The number of carbonyl (C=O) groups excluding carboxylic acids is 1. The molecule has 2 rings (SSSR count). The number of hydrogen-bond acceptors (Lipinski definition) is 2. The Bertz CT molecular complexity index is 428. The van der Waals surface area contributed by atoms with Crippen molar-refractivity contribution in [1.29, 1.82) is 0 Å². The van der Waals surface area contributed by atoms with E-state index in [0.717, 1.165) is 5.56 Å². The molecule has 0 atom stereocenters. The van der Waals surface area contributed by atoms with Gasteiger partial charge in [0.25, 0.3) is 0 Å². The fourth-order valence-electron chi connectivity index (χ4n) is 2.63. The number of carbonyl (C=O) groups is 1. The molecule has 0 aromatic heterocycles. The lowest BCUT2D eigenvalue weighted by Crippen LogP contribution is -2.10. The van der Waals surface area contributed by atoms with Crippen LogP contribution in [0.4, 0.5) is 0 Å². The molecule has 0 unspecified atom stereocenters. The molecule has 0 amide bonds. The van der Waals surface area contributed by atoms with E-state index in [-0.39, 0.29) is 5.97 Å². The van der Waals surface area contributed by atoms with Gasteiger partial charge in [0, 0.05) is 6.08 Å². The number of hydrogen-bond donors (Lipinski definition) is 0. The van der Waals surface area contributed by atoms with E-state index in [4.69, 9.17) is 4.74 Å². The normalized spacial score (nSPS) is 17.2. The van der Waals surface area contributed by atoms with Crippen molar-refractivity contribution in [3.63, 3.8) is 0 Å². The van der Waals surface area contributed by atoms with Gasteiger partial charge in [-0.3, -0.25) is 0 Å². The van der Waals surface area contributed by atoms with Crippen LogP contribution >= 0.6 is 0 Å². The van der Waals surface area contributed by atoms with Crippen LogP contribution in [0.5, 0.6) is 0 Å². The van der Waals surface area contributed by atoms with Crippen molar-refractivity contribution in [3.05, 3.63) is 47.5 Å². The predicted octanol–water partition coefficient (Wildman–Crippen LogP) is 4.26. The number of ether oxygens (including phenoxy) is 1. The summed E-state index contributed by atoms with van der Waals surface area (Å²) >= 11 is 0. The summed E-state index contributed by atoms with van der Waals surface area (Å²) in [7, 11) is 0. The zero-order valence-corrected chi connectivity index (χ0v) is 11.6. The minimum Gasteiger partial charge on any atom is -0.458 e. The third-order valence-electron chi connectivity index (χ3n) is 3.82. The average molecular weight is 258 g/mol. The van der Waals surface area contributed by atoms with Crippen LogP contribution in [0.1, 0.15) is 44.6 Å². The average Bonchev–Trinajstić information content (AvgIpc) is 2.47. The molecule has 2 nitrogen and oxygen atoms in total. The van der Waals surface area contributed by atoms with E-state index >= 15 is 0 Å². The van der Waals surface area contributed by atoms with Crippen molar-refractivity contribution in [3.8, 4) is 0 Å². The molecule has 0 bridgehead atoms. The number of rotatable bonds is 4. The lowest BCUT2D eigenvalue weighted by Gasteiger charge is -2.22. The topological polar surface area (TPSA) is 26.3 Å². The molecule has 2 heteroatoms. The van der Waals surface area contributed by atoms with Gasteiger partial charge in [-0.25, -0.2) is 4.79 Å². The van der Waals surface area contributed by atoms with E-state index in [2.05, 4.69) is 6.92 Å². The number of allylic oxidation sites excluding steroid dienone is 1. The van der Waals surface area contributed by atoms with Crippen LogP contribution in [0.2, 0.25) is 0 Å². The zero-order valence-electron chi connectivity index (χ0n) is 11.6. The van der Waals surface area contributed by atoms with Gasteiger partial charge in [0.05, 0.1) is 0 Å². The fourth-order valence-corrected chi connectivity index (χ4v) is 2.63. The van der Waals surface area contributed by atoms with E-state index in [1.807, 2.05) is 30.3 Å². The summed E-state index contributed by atoms with van der Waals surface area (Å²) in [5.74, 6) is 0.366. The van der Waals surface area contributed by atoms with Gasteiger partial charge in [-0.15, -0.1) is 0 Å². The Morgan fingerprint density at radius 1 is 1.21 bits per heavy atom. The Balaban J connectivity index is 1.82. The maximum absolute atomic E-state index is 11.8. The van der Waals surface area contributed by atoms with Crippen molar-refractivity contribution >= 4 is 5.97 Å². The Hall–Kier alpha value is -1.57. The predicted molar refractivity (Wildman–Crippen MR) is 76.6 cm³/mol. The Labute approximate surface area is 115 Å². The summed E-state index contributed by atoms with van der Waals surface area (Å²) in [4.78, 5) is 11.8. The molecular formula is C17H22O2. The molecule has 1 aromatic carbocycles. The highest BCUT2D eigenvalue weighted by molar-refractivity contribution is 5.82. The monoisotopic (exact) mass is 258 g/mol. The fraction of sp³-hybridized carbons (Fsp3) is 0.471. The number of esters is 1. The first-order valence-electron chi connectivity index (χ1n) is 7.14. The van der Waals surface area contributed by atoms with Crippen molar-refractivity contribution in [1.82, 2.24) is 0 Å². The Kier molecular flexibility index (Phi) is 5.20. The van der Waals surface area contributed by atoms with Crippen LogP contribution in [0.25, 0.3) is 0 Å². The van der Waals surface area contributed by atoms with Crippen molar-refractivity contribution in [2.75, 3.05) is 0 Å². The van der Waals surface area contributed by atoms with Gasteiger partial charge in [-0.1, -0.05) is 55.2 Å². The molecule has 1 aliphatic carbocycles. The van der Waals surface area contributed by atoms with Crippen molar-refractivity contribution in [2.45, 2.75) is 45.6 Å². The third-order valence-corrected chi connectivity index (χ3v) is 3.82. The molecule has 1 aromatic rings. The summed E-state index contributed by atoms with van der Waals surface area (Å²) in [6.07, 6.45) is 8.02. The van der Waals surface area contributed by atoms with Gasteiger partial charge in [-0.2, -0.15) is 0 Å². The molecule has 1 fully saturated rings. The van der Waals surface area contributed by atoms with Crippen LogP contribution in [0.3, 0.4) is 0 Å². The van der Waals surface area contributed by atoms with E-state index in [1.165, 1.54) is 37.7 Å². The van der Waals surface area contributed by atoms with Crippen LogP contribution in [-0.4, -0.2) is 5.97 Å². The minimum atomic E-state index is -0.216. The van der Waals surface area contributed by atoms with Gasteiger partial charge in [0.15, 0.2) is 0 Å². The van der Waals surface area contributed by atoms with Crippen molar-refractivity contribution in [2.24, 2.45) is 5.92 Å². The van der Waals surface area contributed by atoms with Crippen LogP contribution in [0.15, 0.2) is 42.0 Å². The zero-order chi connectivity index (χ0) is 13.5. The molecule has 102 valence electrons. The molecule has 19 heavy (non-hydrogen) atoms. The van der Waals surface area contributed by atoms with E-state index in [9.17, 15) is 4.79 Å². The second-order valence-corrected chi connectivity index (χ2v) is 5.32. The van der Waals surface area contributed by atoms with Crippen LogP contribution < -0.4 is 0 Å². The molecule has 1 saturated carbocycles. The Morgan fingerprint density at radius 3 is 2.58 bits per heavy atom. The summed E-state index contributed by atoms with van der Waals surface area (Å²) in [5, 5.41) is 0. The second-order valence-electron chi connectivity index (χ2n) is 5.32. The quantitative estimate of drug-likeness (QED) is 0.596. The standard InChI is InChI=1S/C17H22O2/c1-14(16-10-6-3-7-11-16)12-17(18)19-13-15-8-4-2-5-9-15/h2,4-5,8-9,12,16H,3,6-7,10-11,13H2,1H3. The summed E-state index contributed by atoms with van der Waals surface area (Å²) in [5.41, 5.74) is 2.21. The molecule has 0 spiro atoms. The third kappa shape index (κ3) is 4.55. The summed E-state index contributed by atoms with van der Waals surface area (Å²) in [6.45, 7) is 2.41. The van der Waals surface area contributed by atoms with Gasteiger partial charge < -0.3 is 4.74 Å². The maximum atomic E-state index is 11.8. The number of benzene rings is 1. The smallest absolute Gasteiger partial charge is 0.331 e. The highest BCUT2D eigenvalue weighted by atomic mass is 16.5. The highest BCUT2D eigenvalue weighted by Gasteiger charge is 2.15. The summed E-state index contributed by atoms with van der Waals surface area (Å²) in [6, 6.07) is 9.78. The molecule has 1 aliphatic rings. The minimum absolute atomic E-state index is 0.216.